The molecule has 1 heterocycles. The zero-order chi connectivity index (χ0) is 13.3. The Labute approximate surface area is 109 Å². The van der Waals surface area contributed by atoms with Gasteiger partial charge < -0.3 is 5.73 Å². The van der Waals surface area contributed by atoms with Crippen LogP contribution >= 0.6 is 0 Å². The maximum atomic E-state index is 13.7. The molecule has 0 amide bonds. The van der Waals surface area contributed by atoms with E-state index in [0.29, 0.717) is 29.1 Å². The highest BCUT2D eigenvalue weighted by Gasteiger charge is 2.32. The molecule has 0 bridgehead atoms. The van der Waals surface area contributed by atoms with E-state index in [-0.39, 0.29) is 5.82 Å². The molecule has 2 rings (SSSR count). The topological polar surface area (TPSA) is 29.3 Å². The third-order valence-corrected chi connectivity index (χ3v) is 4.03. The van der Waals surface area contributed by atoms with Crippen LogP contribution in [-0.4, -0.2) is 18.0 Å². The maximum Gasteiger partial charge on any atom is 0.129 e. The Morgan fingerprint density at radius 2 is 2.11 bits per heavy atom. The molecule has 2 N–H and O–H groups in total. The number of nitrogen functional groups attached to an aromatic ring is 1. The molecule has 1 aromatic rings. The normalized spacial score (nSPS) is 21.4. The van der Waals surface area contributed by atoms with E-state index in [1.54, 1.807) is 12.1 Å². The molecule has 100 valence electrons. The molecule has 18 heavy (non-hydrogen) atoms. The van der Waals surface area contributed by atoms with Crippen molar-refractivity contribution in [3.8, 4) is 0 Å². The fourth-order valence-corrected chi connectivity index (χ4v) is 2.65. The summed E-state index contributed by atoms with van der Waals surface area (Å²) in [6.07, 6.45) is 1.19. The molecule has 1 atom stereocenters. The zero-order valence-electron chi connectivity index (χ0n) is 11.5. The van der Waals surface area contributed by atoms with Gasteiger partial charge in [-0.2, -0.15) is 0 Å². The van der Waals surface area contributed by atoms with Gasteiger partial charge in [0.15, 0.2) is 0 Å². The zero-order valence-corrected chi connectivity index (χ0v) is 11.5. The number of rotatable bonds is 2. The molecular formula is C15H23FN2. The van der Waals surface area contributed by atoms with Crippen LogP contribution in [0, 0.1) is 17.2 Å². The fourth-order valence-electron chi connectivity index (χ4n) is 2.65. The van der Waals surface area contributed by atoms with Crippen LogP contribution in [0.2, 0.25) is 0 Å². The maximum absolute atomic E-state index is 13.7. The highest BCUT2D eigenvalue weighted by molar-refractivity contribution is 5.47. The number of hydrogen-bond donors (Lipinski definition) is 1. The average molecular weight is 250 g/mol. The van der Waals surface area contributed by atoms with Gasteiger partial charge in [-0.25, -0.2) is 4.39 Å². The Bertz CT molecular complexity index is 403. The Morgan fingerprint density at radius 1 is 1.39 bits per heavy atom. The van der Waals surface area contributed by atoms with Crippen molar-refractivity contribution in [2.75, 3.05) is 18.8 Å². The molecule has 1 fully saturated rings. The van der Waals surface area contributed by atoms with E-state index in [9.17, 15) is 4.39 Å². The lowest BCUT2D eigenvalue weighted by Gasteiger charge is -2.27. The van der Waals surface area contributed by atoms with Gasteiger partial charge in [0.1, 0.15) is 5.82 Å². The average Bonchev–Trinajstić information content (AvgIpc) is 2.72. The summed E-state index contributed by atoms with van der Waals surface area (Å²) >= 11 is 0. The molecular weight excluding hydrogens is 227 g/mol. The van der Waals surface area contributed by atoms with Crippen molar-refractivity contribution in [2.45, 2.75) is 33.7 Å². The second kappa shape index (κ2) is 4.88. The van der Waals surface area contributed by atoms with Crippen LogP contribution in [-0.2, 0) is 6.54 Å². The summed E-state index contributed by atoms with van der Waals surface area (Å²) in [5.41, 5.74) is 7.39. The lowest BCUT2D eigenvalue weighted by molar-refractivity contribution is 0.225. The van der Waals surface area contributed by atoms with Gasteiger partial charge in [-0.05, 0) is 36.4 Å². The first-order valence-electron chi connectivity index (χ1n) is 6.63. The standard InChI is InChI=1S/C15H23FN2/c1-15(2,3)11-7-8-18(9-11)10-12-13(16)5-4-6-14(12)17/h4-6,11H,7-10,17H2,1-3H3. The molecule has 2 nitrogen and oxygen atoms in total. The summed E-state index contributed by atoms with van der Waals surface area (Å²) in [6, 6.07) is 4.93. The third kappa shape index (κ3) is 2.83. The molecule has 0 spiro atoms. The predicted octanol–water partition coefficient (Wildman–Crippen LogP) is 3.28. The van der Waals surface area contributed by atoms with E-state index in [1.807, 2.05) is 0 Å². The first kappa shape index (κ1) is 13.3. The SMILES string of the molecule is CC(C)(C)C1CCN(Cc2c(N)cccc2F)C1. The lowest BCUT2D eigenvalue weighted by Crippen LogP contribution is -2.26. The van der Waals surface area contributed by atoms with Crippen molar-refractivity contribution in [2.24, 2.45) is 11.3 Å². The monoisotopic (exact) mass is 250 g/mol. The van der Waals surface area contributed by atoms with Crippen LogP contribution in [0.1, 0.15) is 32.8 Å². The highest BCUT2D eigenvalue weighted by atomic mass is 19.1. The molecule has 1 saturated heterocycles. The minimum Gasteiger partial charge on any atom is -0.398 e. The van der Waals surface area contributed by atoms with Crippen LogP contribution in [0.4, 0.5) is 10.1 Å². The second-order valence-corrected chi connectivity index (χ2v) is 6.39. The van der Waals surface area contributed by atoms with Crippen LogP contribution in [0.3, 0.4) is 0 Å². The number of halogens is 1. The molecule has 0 aliphatic carbocycles. The number of hydrogen-bond acceptors (Lipinski definition) is 2. The Balaban J connectivity index is 2.04. The largest absolute Gasteiger partial charge is 0.398 e. The highest BCUT2D eigenvalue weighted by Crippen LogP contribution is 2.34. The van der Waals surface area contributed by atoms with E-state index in [1.165, 1.54) is 12.5 Å². The Kier molecular flexibility index (Phi) is 3.62. The number of anilines is 1. The third-order valence-electron chi connectivity index (χ3n) is 4.03. The Morgan fingerprint density at radius 3 is 2.67 bits per heavy atom. The molecule has 0 aromatic heterocycles. The van der Waals surface area contributed by atoms with Crippen molar-refractivity contribution in [3.05, 3.63) is 29.6 Å². The Hall–Kier alpha value is -1.09. The van der Waals surface area contributed by atoms with Crippen molar-refractivity contribution >= 4 is 5.69 Å². The lowest BCUT2D eigenvalue weighted by atomic mass is 9.80. The molecule has 1 unspecified atom stereocenters. The summed E-state index contributed by atoms with van der Waals surface area (Å²) in [4.78, 5) is 2.31. The van der Waals surface area contributed by atoms with Crippen molar-refractivity contribution < 1.29 is 4.39 Å². The van der Waals surface area contributed by atoms with Gasteiger partial charge >= 0.3 is 0 Å². The summed E-state index contributed by atoms with van der Waals surface area (Å²) < 4.78 is 13.7. The second-order valence-electron chi connectivity index (χ2n) is 6.39. The minimum atomic E-state index is -0.186. The van der Waals surface area contributed by atoms with E-state index >= 15 is 0 Å². The molecule has 3 heteroatoms. The van der Waals surface area contributed by atoms with E-state index in [2.05, 4.69) is 25.7 Å². The summed E-state index contributed by atoms with van der Waals surface area (Å²) in [6.45, 7) is 9.54. The van der Waals surface area contributed by atoms with Crippen LogP contribution in [0.5, 0.6) is 0 Å². The van der Waals surface area contributed by atoms with Gasteiger partial charge in [-0.15, -0.1) is 0 Å². The number of benzene rings is 1. The first-order chi connectivity index (χ1) is 8.38. The summed E-state index contributed by atoms with van der Waals surface area (Å²) in [7, 11) is 0. The van der Waals surface area contributed by atoms with Crippen LogP contribution < -0.4 is 5.73 Å². The van der Waals surface area contributed by atoms with Gasteiger partial charge in [0.2, 0.25) is 0 Å². The molecule has 0 radical (unpaired) electrons. The van der Waals surface area contributed by atoms with Crippen LogP contribution in [0.15, 0.2) is 18.2 Å². The minimum absolute atomic E-state index is 0.186. The summed E-state index contributed by atoms with van der Waals surface area (Å²) in [5, 5.41) is 0. The molecule has 1 aliphatic heterocycles. The van der Waals surface area contributed by atoms with Gasteiger partial charge in [-0.3, -0.25) is 4.90 Å². The molecule has 0 saturated carbocycles. The van der Waals surface area contributed by atoms with Crippen molar-refractivity contribution in [1.82, 2.24) is 4.90 Å². The van der Waals surface area contributed by atoms with Gasteiger partial charge in [0.25, 0.3) is 0 Å². The fraction of sp³-hybridized carbons (Fsp3) is 0.600. The van der Waals surface area contributed by atoms with Gasteiger partial charge in [0.05, 0.1) is 0 Å². The van der Waals surface area contributed by atoms with Gasteiger partial charge in [0, 0.05) is 24.3 Å². The molecule has 1 aliphatic rings. The van der Waals surface area contributed by atoms with E-state index in [4.69, 9.17) is 5.73 Å². The number of nitrogens with zero attached hydrogens (tertiary/aromatic N) is 1. The van der Waals surface area contributed by atoms with E-state index < -0.39 is 0 Å². The first-order valence-corrected chi connectivity index (χ1v) is 6.63. The van der Waals surface area contributed by atoms with Crippen LogP contribution in [0.25, 0.3) is 0 Å². The number of likely N-dealkylation sites (tertiary alicyclic amines) is 1. The quantitative estimate of drug-likeness (QED) is 0.816. The van der Waals surface area contributed by atoms with E-state index in [0.717, 1.165) is 13.1 Å². The van der Waals surface area contributed by atoms with Gasteiger partial charge in [-0.1, -0.05) is 26.8 Å². The van der Waals surface area contributed by atoms with Crippen molar-refractivity contribution in [3.63, 3.8) is 0 Å². The number of nitrogens with two attached hydrogens (primary N) is 1. The summed E-state index contributed by atoms with van der Waals surface area (Å²) in [5.74, 6) is 0.500. The smallest absolute Gasteiger partial charge is 0.129 e. The predicted molar refractivity (Wildman–Crippen MR) is 73.7 cm³/mol. The molecule has 1 aromatic carbocycles. The van der Waals surface area contributed by atoms with Crippen molar-refractivity contribution in [1.29, 1.82) is 0 Å².